The van der Waals surface area contributed by atoms with E-state index < -0.39 is 10.9 Å². The summed E-state index contributed by atoms with van der Waals surface area (Å²) < 4.78 is 4.08. The highest BCUT2D eigenvalue weighted by Crippen LogP contribution is 2.22. The average Bonchev–Trinajstić information content (AvgIpc) is 2.17. The van der Waals surface area contributed by atoms with Crippen molar-refractivity contribution in [2.75, 3.05) is 0 Å². The highest BCUT2D eigenvalue weighted by atomic mass is 16.6. The number of hydrogen-bond acceptors (Lipinski definition) is 5. The van der Waals surface area contributed by atoms with E-state index in [1.165, 1.54) is 25.1 Å². The van der Waals surface area contributed by atoms with Gasteiger partial charge in [-0.2, -0.15) is 0 Å². The van der Waals surface area contributed by atoms with Crippen LogP contribution in [0.1, 0.15) is 15.9 Å². The molecule has 6 nitrogen and oxygen atoms in total. The highest BCUT2D eigenvalue weighted by Gasteiger charge is 2.23. The summed E-state index contributed by atoms with van der Waals surface area (Å²) in [4.78, 5) is 31.1. The van der Waals surface area contributed by atoms with Gasteiger partial charge in [0.05, 0.1) is 4.92 Å². The van der Waals surface area contributed by atoms with Crippen LogP contribution in [0.4, 0.5) is 5.69 Å². The minimum Gasteiger partial charge on any atom is -0.392 e. The molecule has 0 aromatic heterocycles. The van der Waals surface area contributed by atoms with E-state index in [0.29, 0.717) is 5.56 Å². The zero-order valence-corrected chi connectivity index (χ0v) is 7.80. The number of carbonyl (C=O) groups excluding carboxylic acids is 2. The molecule has 1 aromatic carbocycles. The molecule has 6 heteroatoms. The Morgan fingerprint density at radius 2 is 2.20 bits per heavy atom. The van der Waals surface area contributed by atoms with E-state index >= 15 is 0 Å². The van der Waals surface area contributed by atoms with Gasteiger partial charge in [0.15, 0.2) is 0 Å². The van der Waals surface area contributed by atoms with Crippen LogP contribution in [0.3, 0.4) is 0 Å². The number of nitro groups is 1. The molecule has 0 spiro atoms. The van der Waals surface area contributed by atoms with Crippen molar-refractivity contribution < 1.29 is 19.2 Å². The predicted octanol–water partition coefficient (Wildman–Crippen LogP) is 1.22. The third-order valence-electron chi connectivity index (χ3n) is 1.81. The van der Waals surface area contributed by atoms with Crippen LogP contribution in [0.15, 0.2) is 18.2 Å². The first kappa shape index (κ1) is 10.8. The smallest absolute Gasteiger partial charge is 0.352 e. The number of esters is 1. The molecule has 0 aliphatic rings. The topological polar surface area (TPSA) is 86.5 Å². The number of ether oxygens (including phenoxy) is 1. The van der Waals surface area contributed by atoms with Crippen LogP contribution in [0.2, 0.25) is 0 Å². The van der Waals surface area contributed by atoms with Crippen LogP contribution in [-0.2, 0) is 9.53 Å². The lowest BCUT2D eigenvalue weighted by Gasteiger charge is -2.02. The largest absolute Gasteiger partial charge is 0.392 e. The molecule has 0 fully saturated rings. The van der Waals surface area contributed by atoms with Gasteiger partial charge in [-0.1, -0.05) is 12.1 Å². The van der Waals surface area contributed by atoms with Gasteiger partial charge in [0, 0.05) is 6.07 Å². The van der Waals surface area contributed by atoms with Gasteiger partial charge in [-0.15, -0.1) is 0 Å². The number of hydrogen-bond donors (Lipinski definition) is 0. The van der Waals surface area contributed by atoms with E-state index in [9.17, 15) is 19.7 Å². The maximum atomic E-state index is 11.2. The van der Waals surface area contributed by atoms with E-state index in [0.717, 1.165) is 0 Å². The van der Waals surface area contributed by atoms with Crippen LogP contribution >= 0.6 is 0 Å². The van der Waals surface area contributed by atoms with Gasteiger partial charge in [0.25, 0.3) is 5.69 Å². The molecular formula is C9H7NO5. The number of aryl methyl sites for hydroxylation is 1. The molecule has 0 N–H and O–H groups in total. The number of nitrogens with zero attached hydrogens (tertiary/aromatic N) is 1. The summed E-state index contributed by atoms with van der Waals surface area (Å²) in [6.45, 7) is 1.47. The van der Waals surface area contributed by atoms with Gasteiger partial charge < -0.3 is 4.74 Å². The summed E-state index contributed by atoms with van der Waals surface area (Å²) >= 11 is 0. The van der Waals surface area contributed by atoms with E-state index in [1.807, 2.05) is 0 Å². The van der Waals surface area contributed by atoms with E-state index in [-0.39, 0.29) is 17.7 Å². The van der Waals surface area contributed by atoms with E-state index in [1.54, 1.807) is 0 Å². The molecule has 0 bridgehead atoms. The summed E-state index contributed by atoms with van der Waals surface area (Å²) in [5.41, 5.74) is -0.187. The molecule has 0 saturated heterocycles. The monoisotopic (exact) mass is 209 g/mol. The van der Waals surface area contributed by atoms with Crippen molar-refractivity contribution in [2.24, 2.45) is 0 Å². The lowest BCUT2D eigenvalue weighted by atomic mass is 10.1. The van der Waals surface area contributed by atoms with Gasteiger partial charge in [0.2, 0.25) is 0 Å². The molecule has 0 aliphatic carbocycles. The first-order chi connectivity index (χ1) is 7.07. The highest BCUT2D eigenvalue weighted by molar-refractivity contribution is 5.98. The number of benzene rings is 1. The third-order valence-corrected chi connectivity index (χ3v) is 1.81. The fraction of sp³-hybridized carbons (Fsp3) is 0.111. The SMILES string of the molecule is Cc1cccc([N+](=O)[O-])c1C(=O)OC=O. The fourth-order valence-electron chi connectivity index (χ4n) is 1.17. The Morgan fingerprint density at radius 1 is 1.53 bits per heavy atom. The van der Waals surface area contributed by atoms with Crippen LogP contribution < -0.4 is 0 Å². The molecule has 1 aromatic rings. The minimum atomic E-state index is -1.02. The first-order valence-corrected chi connectivity index (χ1v) is 3.96. The normalized spacial score (nSPS) is 9.40. The third kappa shape index (κ3) is 2.16. The standard InChI is InChI=1S/C9H7NO5/c1-6-3-2-4-7(10(13)14)8(6)9(12)15-5-11/h2-5H,1H3. The summed E-state index contributed by atoms with van der Waals surface area (Å²) in [6.07, 6.45) is 0. The van der Waals surface area contributed by atoms with E-state index in [2.05, 4.69) is 4.74 Å². The molecule has 0 atom stereocenters. The Morgan fingerprint density at radius 3 is 2.73 bits per heavy atom. The second-order valence-electron chi connectivity index (χ2n) is 2.73. The molecule has 0 heterocycles. The molecule has 0 amide bonds. The molecule has 0 saturated carbocycles. The Labute approximate surface area is 84.6 Å². The van der Waals surface area contributed by atoms with Crippen molar-refractivity contribution >= 4 is 18.1 Å². The van der Waals surface area contributed by atoms with Crippen molar-refractivity contribution in [3.05, 3.63) is 39.4 Å². The summed E-state index contributed by atoms with van der Waals surface area (Å²) in [5, 5.41) is 10.6. The van der Waals surface area contributed by atoms with Gasteiger partial charge in [0.1, 0.15) is 5.56 Å². The van der Waals surface area contributed by atoms with E-state index in [4.69, 9.17) is 0 Å². The van der Waals surface area contributed by atoms with Crippen LogP contribution in [0.5, 0.6) is 0 Å². The number of nitro benzene ring substituents is 1. The fourth-order valence-corrected chi connectivity index (χ4v) is 1.17. The summed E-state index contributed by atoms with van der Waals surface area (Å²) in [5.74, 6) is -1.02. The number of rotatable bonds is 3. The first-order valence-electron chi connectivity index (χ1n) is 3.96. The van der Waals surface area contributed by atoms with Crippen molar-refractivity contribution in [3.8, 4) is 0 Å². The summed E-state index contributed by atoms with van der Waals surface area (Å²) in [6, 6.07) is 4.15. The van der Waals surface area contributed by atoms with Crippen LogP contribution in [0.25, 0.3) is 0 Å². The summed E-state index contributed by atoms with van der Waals surface area (Å²) in [7, 11) is 0. The molecular weight excluding hydrogens is 202 g/mol. The maximum absolute atomic E-state index is 11.2. The van der Waals surface area contributed by atoms with Gasteiger partial charge in [-0.05, 0) is 12.5 Å². The Balaban J connectivity index is 3.30. The molecule has 1 rings (SSSR count). The average molecular weight is 209 g/mol. The predicted molar refractivity (Wildman–Crippen MR) is 49.3 cm³/mol. The van der Waals surface area contributed by atoms with Crippen molar-refractivity contribution in [3.63, 3.8) is 0 Å². The second-order valence-corrected chi connectivity index (χ2v) is 2.73. The Kier molecular flexibility index (Phi) is 3.12. The van der Waals surface area contributed by atoms with Crippen molar-refractivity contribution in [1.29, 1.82) is 0 Å². The molecule has 15 heavy (non-hydrogen) atoms. The zero-order chi connectivity index (χ0) is 11.4. The van der Waals surface area contributed by atoms with Crippen LogP contribution in [-0.4, -0.2) is 17.4 Å². The lowest BCUT2D eigenvalue weighted by Crippen LogP contribution is -2.09. The van der Waals surface area contributed by atoms with Gasteiger partial charge >= 0.3 is 12.4 Å². The zero-order valence-electron chi connectivity index (χ0n) is 7.80. The lowest BCUT2D eigenvalue weighted by molar-refractivity contribution is -0.385. The Bertz CT molecular complexity index is 427. The molecule has 0 unspecified atom stereocenters. The van der Waals surface area contributed by atoms with Crippen molar-refractivity contribution in [2.45, 2.75) is 6.92 Å². The maximum Gasteiger partial charge on any atom is 0.352 e. The van der Waals surface area contributed by atoms with Crippen LogP contribution in [0, 0.1) is 17.0 Å². The molecule has 78 valence electrons. The quantitative estimate of drug-likeness (QED) is 0.245. The number of carbonyl (C=O) groups is 2. The molecule has 0 aliphatic heterocycles. The van der Waals surface area contributed by atoms with Gasteiger partial charge in [-0.25, -0.2) is 4.79 Å². The second kappa shape index (κ2) is 4.32. The molecule has 0 radical (unpaired) electrons. The minimum absolute atomic E-state index is 0.0570. The van der Waals surface area contributed by atoms with Crippen molar-refractivity contribution in [1.82, 2.24) is 0 Å². The Hall–Kier alpha value is -2.24. The van der Waals surface area contributed by atoms with Gasteiger partial charge in [-0.3, -0.25) is 14.9 Å².